The molecule has 1 aliphatic heterocycles. The van der Waals surface area contributed by atoms with Crippen LogP contribution < -0.4 is 9.80 Å². The molecule has 2 nitrogen and oxygen atoms in total. The van der Waals surface area contributed by atoms with E-state index < -0.39 is 0 Å². The van der Waals surface area contributed by atoms with Crippen molar-refractivity contribution in [3.05, 3.63) is 47.8 Å². The van der Waals surface area contributed by atoms with Crippen LogP contribution >= 0.6 is 0 Å². The molecule has 2 bridgehead atoms. The van der Waals surface area contributed by atoms with Gasteiger partial charge in [0.1, 0.15) is 38.5 Å². The van der Waals surface area contributed by atoms with Crippen LogP contribution in [0.2, 0.25) is 0 Å². The van der Waals surface area contributed by atoms with E-state index >= 15 is 0 Å². The van der Waals surface area contributed by atoms with E-state index in [1.165, 1.54) is 51.1 Å². The maximum Gasteiger partial charge on any atom is 0.127 e. The Morgan fingerprint density at radius 1 is 0.909 bits per heavy atom. The predicted molar refractivity (Wildman–Crippen MR) is 85.2 cm³/mol. The molecule has 22 heavy (non-hydrogen) atoms. The number of benzene rings is 1. The Morgan fingerprint density at radius 2 is 1.64 bits per heavy atom. The Kier molecular flexibility index (Phi) is 4.01. The number of hydrogen-bond donors (Lipinski definition) is 2. The van der Waals surface area contributed by atoms with Crippen LogP contribution in [0.4, 0.5) is 4.39 Å². The Balaban J connectivity index is 1.24. The van der Waals surface area contributed by atoms with Crippen LogP contribution in [0, 0.1) is 23.6 Å². The molecule has 2 N–H and O–H groups in total. The van der Waals surface area contributed by atoms with E-state index in [0.29, 0.717) is 0 Å². The molecule has 0 aromatic heterocycles. The Hall–Kier alpha value is -1.19. The molecule has 0 spiro atoms. The number of rotatable bonds is 4. The number of fused-ring (bicyclic) bond motifs is 2. The molecule has 3 aliphatic rings. The van der Waals surface area contributed by atoms with Gasteiger partial charge in [-0.1, -0.05) is 24.3 Å². The summed E-state index contributed by atoms with van der Waals surface area (Å²) in [4.78, 5) is 3.47. The smallest absolute Gasteiger partial charge is 0.127 e. The molecule has 1 aromatic rings. The summed E-state index contributed by atoms with van der Waals surface area (Å²) in [5, 5.41) is 0. The van der Waals surface area contributed by atoms with Crippen molar-refractivity contribution < 1.29 is 14.2 Å². The zero-order valence-corrected chi connectivity index (χ0v) is 13.2. The van der Waals surface area contributed by atoms with Gasteiger partial charge in [-0.2, -0.15) is 0 Å². The molecule has 0 amide bonds. The fraction of sp³-hybridized carbons (Fsp3) is 0.579. The number of allylic oxidation sites excluding steroid dienone is 2. The second-order valence-corrected chi connectivity index (χ2v) is 7.55. The summed E-state index contributed by atoms with van der Waals surface area (Å²) in [6.45, 7) is 7.54. The van der Waals surface area contributed by atoms with Gasteiger partial charge in [-0.15, -0.1) is 0 Å². The van der Waals surface area contributed by atoms with Crippen molar-refractivity contribution in [3.8, 4) is 0 Å². The van der Waals surface area contributed by atoms with Gasteiger partial charge in [0, 0.05) is 11.5 Å². The molecule has 0 unspecified atom stereocenters. The van der Waals surface area contributed by atoms with Gasteiger partial charge in [0.2, 0.25) is 0 Å². The fourth-order valence-electron chi connectivity index (χ4n) is 4.73. The molecular weight excluding hydrogens is 275 g/mol. The van der Waals surface area contributed by atoms with E-state index in [9.17, 15) is 4.39 Å². The van der Waals surface area contributed by atoms with Crippen LogP contribution in [0.1, 0.15) is 18.4 Å². The van der Waals surface area contributed by atoms with Gasteiger partial charge in [0.05, 0.1) is 6.54 Å². The number of nitrogens with one attached hydrogen (secondary N) is 2. The van der Waals surface area contributed by atoms with Gasteiger partial charge in [0.15, 0.2) is 0 Å². The molecule has 2 fully saturated rings. The maximum absolute atomic E-state index is 13.0. The lowest BCUT2D eigenvalue weighted by molar-refractivity contribution is -1.02. The minimum Gasteiger partial charge on any atom is -0.325 e. The summed E-state index contributed by atoms with van der Waals surface area (Å²) in [6.07, 6.45) is 7.80. The van der Waals surface area contributed by atoms with Crippen LogP contribution in [0.25, 0.3) is 0 Å². The molecule has 3 atom stereocenters. The van der Waals surface area contributed by atoms with Gasteiger partial charge in [-0.3, -0.25) is 0 Å². The van der Waals surface area contributed by atoms with E-state index in [1.54, 1.807) is 17.0 Å². The molecule has 3 heteroatoms. The minimum atomic E-state index is -0.132. The number of piperazine rings is 1. The van der Waals surface area contributed by atoms with Crippen molar-refractivity contribution in [1.29, 1.82) is 0 Å². The first-order valence-electron chi connectivity index (χ1n) is 8.86. The second-order valence-electron chi connectivity index (χ2n) is 7.55. The number of halogens is 1. The van der Waals surface area contributed by atoms with Gasteiger partial charge < -0.3 is 9.80 Å². The van der Waals surface area contributed by atoms with Crippen molar-refractivity contribution in [2.75, 3.05) is 32.7 Å². The monoisotopic (exact) mass is 302 g/mol. The average molecular weight is 302 g/mol. The number of quaternary nitrogens is 2. The Bertz CT molecular complexity index is 531. The summed E-state index contributed by atoms with van der Waals surface area (Å²) < 4.78 is 13.0. The summed E-state index contributed by atoms with van der Waals surface area (Å²) >= 11 is 0. The molecule has 118 valence electrons. The lowest BCUT2D eigenvalue weighted by Gasteiger charge is -2.32. The molecular formula is C19H27FN2+2. The first-order chi connectivity index (χ1) is 10.8. The summed E-state index contributed by atoms with van der Waals surface area (Å²) in [5.74, 6) is 2.61. The van der Waals surface area contributed by atoms with Crippen LogP contribution in [-0.2, 0) is 6.54 Å². The van der Waals surface area contributed by atoms with Gasteiger partial charge in [0.25, 0.3) is 0 Å². The van der Waals surface area contributed by atoms with Crippen LogP contribution in [0.3, 0.4) is 0 Å². The highest BCUT2D eigenvalue weighted by Gasteiger charge is 2.38. The fourth-order valence-corrected chi connectivity index (χ4v) is 4.73. The molecule has 0 radical (unpaired) electrons. The van der Waals surface area contributed by atoms with Gasteiger partial charge in [-0.05, 0) is 36.8 Å². The van der Waals surface area contributed by atoms with Crippen molar-refractivity contribution in [3.63, 3.8) is 0 Å². The highest BCUT2D eigenvalue weighted by Crippen LogP contribution is 2.42. The standard InChI is InChI=1S/C19H25FN2/c20-19-5-2-15(3-6-19)13-21-7-9-22(10-8-21)14-18-12-16-1-4-17(18)11-16/h1-6,16-18H,7-14H2/p+2/t16-,17-,18-/m0/s1. The van der Waals surface area contributed by atoms with E-state index in [2.05, 4.69) is 12.2 Å². The number of hydrogen-bond acceptors (Lipinski definition) is 0. The largest absolute Gasteiger partial charge is 0.325 e. The van der Waals surface area contributed by atoms with E-state index in [-0.39, 0.29) is 5.82 Å². The van der Waals surface area contributed by atoms with Gasteiger partial charge in [-0.25, -0.2) is 4.39 Å². The predicted octanol–water partition coefficient (Wildman–Crippen LogP) is 0.321. The van der Waals surface area contributed by atoms with Crippen LogP contribution in [0.15, 0.2) is 36.4 Å². The normalized spacial score (nSPS) is 36.9. The average Bonchev–Trinajstić information content (AvgIpc) is 3.14. The summed E-state index contributed by atoms with van der Waals surface area (Å²) in [7, 11) is 0. The minimum absolute atomic E-state index is 0.132. The Labute approximate surface area is 132 Å². The molecule has 4 rings (SSSR count). The molecule has 1 saturated carbocycles. The van der Waals surface area contributed by atoms with Crippen molar-refractivity contribution in [2.24, 2.45) is 17.8 Å². The van der Waals surface area contributed by atoms with Crippen LogP contribution in [-0.4, -0.2) is 32.7 Å². The summed E-state index contributed by atoms with van der Waals surface area (Å²) in [6, 6.07) is 7.03. The lowest BCUT2D eigenvalue weighted by atomic mass is 9.93. The van der Waals surface area contributed by atoms with E-state index in [1.807, 2.05) is 17.0 Å². The first-order valence-corrected chi connectivity index (χ1v) is 8.86. The van der Waals surface area contributed by atoms with Crippen molar-refractivity contribution in [2.45, 2.75) is 19.4 Å². The first kappa shape index (κ1) is 14.4. The molecule has 1 heterocycles. The zero-order chi connectivity index (χ0) is 14.9. The quantitative estimate of drug-likeness (QED) is 0.742. The SMILES string of the molecule is Fc1ccc(C[NH+]2CC[NH+](C[C@@H]3C[C@H]4C=C[C@H]3C4)CC2)cc1. The highest BCUT2D eigenvalue weighted by atomic mass is 19.1. The third kappa shape index (κ3) is 3.11. The third-order valence-corrected chi connectivity index (χ3v) is 6.00. The molecule has 1 aromatic carbocycles. The van der Waals surface area contributed by atoms with E-state index in [0.717, 1.165) is 24.3 Å². The topological polar surface area (TPSA) is 8.88 Å². The second kappa shape index (κ2) is 6.13. The molecule has 1 saturated heterocycles. The van der Waals surface area contributed by atoms with Gasteiger partial charge >= 0.3 is 0 Å². The van der Waals surface area contributed by atoms with E-state index in [4.69, 9.17) is 0 Å². The Morgan fingerprint density at radius 3 is 2.27 bits per heavy atom. The van der Waals surface area contributed by atoms with Crippen LogP contribution in [0.5, 0.6) is 0 Å². The summed E-state index contributed by atoms with van der Waals surface area (Å²) in [5.41, 5.74) is 1.26. The maximum atomic E-state index is 13.0. The lowest BCUT2D eigenvalue weighted by Crippen LogP contribution is -3.27. The zero-order valence-electron chi connectivity index (χ0n) is 13.2. The highest BCUT2D eigenvalue weighted by molar-refractivity contribution is 5.14. The molecule has 2 aliphatic carbocycles. The van der Waals surface area contributed by atoms with Crippen molar-refractivity contribution >= 4 is 0 Å². The van der Waals surface area contributed by atoms with Crippen molar-refractivity contribution in [1.82, 2.24) is 0 Å². The third-order valence-electron chi connectivity index (χ3n) is 6.00.